The van der Waals surface area contributed by atoms with E-state index in [1.807, 2.05) is 79.7 Å². The minimum atomic E-state index is -1.54. The number of rotatable bonds is 9. The van der Waals surface area contributed by atoms with Crippen LogP contribution < -0.4 is 5.32 Å². The number of aliphatic hydroxyl groups is 1. The molecule has 5 heteroatoms. The normalized spacial score (nSPS) is 17.2. The number of amides is 2. The van der Waals surface area contributed by atoms with E-state index in [1.165, 1.54) is 0 Å². The van der Waals surface area contributed by atoms with Crippen LogP contribution in [0.5, 0.6) is 0 Å². The van der Waals surface area contributed by atoms with E-state index < -0.39 is 5.72 Å². The maximum atomic E-state index is 13.3. The highest BCUT2D eigenvalue weighted by Gasteiger charge is 2.49. The van der Waals surface area contributed by atoms with Crippen molar-refractivity contribution in [3.05, 3.63) is 107 Å². The van der Waals surface area contributed by atoms with Crippen LogP contribution in [0.15, 0.2) is 78.9 Å². The first-order chi connectivity index (χ1) is 16.0. The Morgan fingerprint density at radius 1 is 0.939 bits per heavy atom. The third-order valence-electron chi connectivity index (χ3n) is 6.15. The van der Waals surface area contributed by atoms with Crippen molar-refractivity contribution >= 4 is 11.8 Å². The zero-order chi connectivity index (χ0) is 23.3. The molecule has 33 heavy (non-hydrogen) atoms. The molecular formula is C28H30N2O3. The average Bonchev–Trinajstić information content (AvgIpc) is 3.06. The Morgan fingerprint density at radius 3 is 2.36 bits per heavy atom. The number of carbonyl (C=O) groups is 2. The fourth-order valence-electron chi connectivity index (χ4n) is 4.38. The topological polar surface area (TPSA) is 69.6 Å². The molecule has 2 amide bonds. The molecule has 3 aromatic carbocycles. The van der Waals surface area contributed by atoms with Gasteiger partial charge in [-0.15, -0.1) is 0 Å². The number of hydrogen-bond acceptors (Lipinski definition) is 3. The molecule has 170 valence electrons. The van der Waals surface area contributed by atoms with Crippen molar-refractivity contribution < 1.29 is 14.7 Å². The summed E-state index contributed by atoms with van der Waals surface area (Å²) in [5, 5.41) is 14.9. The van der Waals surface area contributed by atoms with Gasteiger partial charge in [-0.1, -0.05) is 79.7 Å². The monoisotopic (exact) mass is 442 g/mol. The van der Waals surface area contributed by atoms with Gasteiger partial charge in [0, 0.05) is 36.2 Å². The van der Waals surface area contributed by atoms with Crippen LogP contribution in [-0.4, -0.2) is 28.4 Å². The summed E-state index contributed by atoms with van der Waals surface area (Å²) in [5.74, 6) is -0.0977. The van der Waals surface area contributed by atoms with Crippen LogP contribution in [-0.2, 0) is 23.5 Å². The van der Waals surface area contributed by atoms with E-state index in [2.05, 4.69) is 5.32 Å². The molecular weight excluding hydrogens is 412 g/mol. The largest absolute Gasteiger partial charge is 0.363 e. The summed E-state index contributed by atoms with van der Waals surface area (Å²) < 4.78 is 0. The fourth-order valence-corrected chi connectivity index (χ4v) is 4.38. The lowest BCUT2D eigenvalue weighted by Crippen LogP contribution is -2.44. The molecule has 4 rings (SSSR count). The minimum absolute atomic E-state index is 0.0837. The van der Waals surface area contributed by atoms with Crippen LogP contribution in [0.2, 0.25) is 0 Å². The highest BCUT2D eigenvalue weighted by molar-refractivity contribution is 6.00. The summed E-state index contributed by atoms with van der Waals surface area (Å²) in [5.41, 5.74) is 2.29. The SMILES string of the molecule is CCCNC(=O)CCCc1ccc(C2(O)c3ccccc3C(=O)N2Cc2ccccc2)cc1. The Morgan fingerprint density at radius 2 is 1.64 bits per heavy atom. The Bertz CT molecular complexity index is 1110. The molecule has 3 aromatic rings. The number of nitrogens with zero attached hydrogens (tertiary/aromatic N) is 1. The van der Waals surface area contributed by atoms with Crippen molar-refractivity contribution in [3.63, 3.8) is 0 Å². The van der Waals surface area contributed by atoms with Gasteiger partial charge in [0.25, 0.3) is 5.91 Å². The maximum Gasteiger partial charge on any atom is 0.257 e. The molecule has 1 aliphatic rings. The van der Waals surface area contributed by atoms with Crippen molar-refractivity contribution in [2.75, 3.05) is 6.54 Å². The third kappa shape index (κ3) is 4.69. The van der Waals surface area contributed by atoms with Gasteiger partial charge < -0.3 is 10.4 Å². The molecule has 0 aromatic heterocycles. The first-order valence-electron chi connectivity index (χ1n) is 11.6. The van der Waals surface area contributed by atoms with Gasteiger partial charge in [-0.3, -0.25) is 14.5 Å². The van der Waals surface area contributed by atoms with E-state index in [1.54, 1.807) is 11.0 Å². The van der Waals surface area contributed by atoms with Gasteiger partial charge in [0.1, 0.15) is 0 Å². The summed E-state index contributed by atoms with van der Waals surface area (Å²) in [7, 11) is 0. The fraction of sp³-hybridized carbons (Fsp3) is 0.286. The Balaban J connectivity index is 1.55. The predicted octanol–water partition coefficient (Wildman–Crippen LogP) is 4.38. The Labute approximate surface area is 195 Å². The molecule has 1 atom stereocenters. The molecule has 0 fully saturated rings. The van der Waals surface area contributed by atoms with E-state index in [-0.39, 0.29) is 11.8 Å². The molecule has 0 saturated heterocycles. The van der Waals surface area contributed by atoms with E-state index >= 15 is 0 Å². The first kappa shape index (κ1) is 22.7. The summed E-state index contributed by atoms with van der Waals surface area (Å²) in [6.07, 6.45) is 2.98. The summed E-state index contributed by atoms with van der Waals surface area (Å²) in [4.78, 5) is 26.6. The van der Waals surface area contributed by atoms with Crippen LogP contribution in [0.1, 0.15) is 58.8 Å². The second-order valence-electron chi connectivity index (χ2n) is 8.50. The average molecular weight is 443 g/mol. The number of fused-ring (bicyclic) bond motifs is 1. The van der Waals surface area contributed by atoms with Gasteiger partial charge in [-0.05, 0) is 36.5 Å². The molecule has 1 unspecified atom stereocenters. The Kier molecular flexibility index (Phi) is 6.90. The number of benzene rings is 3. The lowest BCUT2D eigenvalue weighted by Gasteiger charge is -2.35. The van der Waals surface area contributed by atoms with E-state index in [0.717, 1.165) is 30.4 Å². The minimum Gasteiger partial charge on any atom is -0.363 e. The molecule has 0 radical (unpaired) electrons. The second kappa shape index (κ2) is 10.0. The van der Waals surface area contributed by atoms with Crippen molar-refractivity contribution in [1.29, 1.82) is 0 Å². The van der Waals surface area contributed by atoms with Crippen molar-refractivity contribution in [2.24, 2.45) is 0 Å². The summed E-state index contributed by atoms with van der Waals surface area (Å²) in [6, 6.07) is 24.7. The van der Waals surface area contributed by atoms with Gasteiger partial charge in [0.2, 0.25) is 5.91 Å². The maximum absolute atomic E-state index is 13.3. The molecule has 0 bridgehead atoms. The smallest absolute Gasteiger partial charge is 0.257 e. The van der Waals surface area contributed by atoms with Crippen molar-refractivity contribution in [1.82, 2.24) is 10.2 Å². The van der Waals surface area contributed by atoms with Crippen LogP contribution in [0.3, 0.4) is 0 Å². The van der Waals surface area contributed by atoms with E-state index in [9.17, 15) is 14.7 Å². The predicted molar refractivity (Wildman–Crippen MR) is 128 cm³/mol. The summed E-state index contributed by atoms with van der Waals surface area (Å²) >= 11 is 0. The molecule has 1 aliphatic heterocycles. The van der Waals surface area contributed by atoms with Gasteiger partial charge >= 0.3 is 0 Å². The van der Waals surface area contributed by atoms with Gasteiger partial charge in [-0.25, -0.2) is 0 Å². The number of nitrogens with one attached hydrogen (secondary N) is 1. The zero-order valence-electron chi connectivity index (χ0n) is 19.0. The quantitative estimate of drug-likeness (QED) is 0.517. The van der Waals surface area contributed by atoms with Crippen LogP contribution >= 0.6 is 0 Å². The number of hydrogen-bond donors (Lipinski definition) is 2. The lowest BCUT2D eigenvalue weighted by atomic mass is 9.92. The molecule has 2 N–H and O–H groups in total. The van der Waals surface area contributed by atoms with Crippen LogP contribution in [0.25, 0.3) is 0 Å². The molecule has 0 aliphatic carbocycles. The third-order valence-corrected chi connectivity index (χ3v) is 6.15. The highest BCUT2D eigenvalue weighted by Crippen LogP contribution is 2.43. The zero-order valence-corrected chi connectivity index (χ0v) is 19.0. The van der Waals surface area contributed by atoms with Gasteiger partial charge in [0.15, 0.2) is 5.72 Å². The number of aryl methyl sites for hydroxylation is 1. The van der Waals surface area contributed by atoms with Gasteiger partial charge in [0.05, 0.1) is 0 Å². The highest BCUT2D eigenvalue weighted by atomic mass is 16.3. The molecule has 5 nitrogen and oxygen atoms in total. The molecule has 1 heterocycles. The standard InChI is InChI=1S/C28H30N2O3/c1-2-19-29-26(31)14-8-11-21-15-17-23(18-16-21)28(33)25-13-7-6-12-24(25)27(32)30(28)20-22-9-4-3-5-10-22/h3-7,9-10,12-13,15-18,33H,2,8,11,14,19-20H2,1H3,(H,29,31). The van der Waals surface area contributed by atoms with Crippen molar-refractivity contribution in [2.45, 2.75) is 44.9 Å². The molecule has 0 saturated carbocycles. The Hall–Kier alpha value is -3.44. The molecule has 0 spiro atoms. The van der Waals surface area contributed by atoms with E-state index in [0.29, 0.717) is 36.2 Å². The lowest BCUT2D eigenvalue weighted by molar-refractivity contribution is -0.121. The van der Waals surface area contributed by atoms with Crippen LogP contribution in [0, 0.1) is 0 Å². The van der Waals surface area contributed by atoms with Crippen molar-refractivity contribution in [3.8, 4) is 0 Å². The van der Waals surface area contributed by atoms with Gasteiger partial charge in [-0.2, -0.15) is 0 Å². The summed E-state index contributed by atoms with van der Waals surface area (Å²) in [6.45, 7) is 3.05. The second-order valence-corrected chi connectivity index (χ2v) is 8.50. The van der Waals surface area contributed by atoms with Crippen LogP contribution in [0.4, 0.5) is 0 Å². The number of carbonyl (C=O) groups excluding carboxylic acids is 2. The van der Waals surface area contributed by atoms with E-state index in [4.69, 9.17) is 0 Å². The first-order valence-corrected chi connectivity index (χ1v) is 11.6.